The van der Waals surface area contributed by atoms with Gasteiger partial charge in [-0.1, -0.05) is 18.7 Å². The van der Waals surface area contributed by atoms with Crippen molar-refractivity contribution in [3.8, 4) is 5.75 Å². The van der Waals surface area contributed by atoms with Crippen molar-refractivity contribution >= 4 is 17.5 Å². The second-order valence-electron chi connectivity index (χ2n) is 6.60. The summed E-state index contributed by atoms with van der Waals surface area (Å²) < 4.78 is 5.74. The summed E-state index contributed by atoms with van der Waals surface area (Å²) >= 11 is 0. The van der Waals surface area contributed by atoms with Crippen molar-refractivity contribution in [3.63, 3.8) is 0 Å². The van der Waals surface area contributed by atoms with E-state index in [0.29, 0.717) is 24.5 Å². The Bertz CT molecular complexity index is 655. The van der Waals surface area contributed by atoms with Crippen LogP contribution in [0.5, 0.6) is 5.75 Å². The van der Waals surface area contributed by atoms with E-state index in [2.05, 4.69) is 11.9 Å². The lowest BCUT2D eigenvalue weighted by atomic mass is 10.1. The highest BCUT2D eigenvalue weighted by molar-refractivity contribution is 6.00. The van der Waals surface area contributed by atoms with Crippen molar-refractivity contribution in [1.82, 2.24) is 4.90 Å². The molecule has 1 aromatic carbocycles. The molecule has 1 aromatic rings. The number of carbonyl (C=O) groups excluding carboxylic acids is 2. The number of nitrogens with zero attached hydrogens (tertiary/aromatic N) is 1. The minimum absolute atomic E-state index is 0.0262. The summed E-state index contributed by atoms with van der Waals surface area (Å²) in [5, 5.41) is 2.99. The third kappa shape index (κ3) is 2.83. The molecular formula is C18H22N2O3. The highest BCUT2D eigenvalue weighted by Gasteiger charge is 2.65. The molecule has 1 aliphatic heterocycles. The molecule has 5 nitrogen and oxygen atoms in total. The van der Waals surface area contributed by atoms with E-state index in [1.54, 1.807) is 4.90 Å². The number of hydrogen-bond donors (Lipinski definition) is 1. The van der Waals surface area contributed by atoms with E-state index in [4.69, 9.17) is 4.74 Å². The molecule has 122 valence electrons. The van der Waals surface area contributed by atoms with Crippen molar-refractivity contribution in [2.24, 2.45) is 11.3 Å². The van der Waals surface area contributed by atoms with Gasteiger partial charge in [-0.3, -0.25) is 9.59 Å². The summed E-state index contributed by atoms with van der Waals surface area (Å²) in [5.74, 6) is 0.792. The summed E-state index contributed by atoms with van der Waals surface area (Å²) in [4.78, 5) is 26.2. The van der Waals surface area contributed by atoms with Gasteiger partial charge in [0.05, 0.1) is 17.2 Å². The SMILES string of the molecule is C=CC(=O)N1CC2CC2(C(=O)Nc2ccccc2OC(C)C)C1. The fraction of sp³-hybridized carbons (Fsp3) is 0.444. The Morgan fingerprint density at radius 1 is 1.43 bits per heavy atom. The minimum Gasteiger partial charge on any atom is -0.489 e. The number of fused-ring (bicyclic) bond motifs is 1. The summed E-state index contributed by atoms with van der Waals surface area (Å²) in [6.07, 6.45) is 2.18. The number of anilines is 1. The van der Waals surface area contributed by atoms with Crippen molar-refractivity contribution in [2.45, 2.75) is 26.4 Å². The molecule has 2 fully saturated rings. The van der Waals surface area contributed by atoms with E-state index in [1.807, 2.05) is 38.1 Å². The van der Waals surface area contributed by atoms with E-state index in [-0.39, 0.29) is 23.8 Å². The third-order valence-corrected chi connectivity index (χ3v) is 4.58. The number of benzene rings is 1. The maximum absolute atomic E-state index is 12.7. The number of ether oxygens (including phenoxy) is 1. The number of rotatable bonds is 5. The van der Waals surface area contributed by atoms with Crippen molar-refractivity contribution in [3.05, 3.63) is 36.9 Å². The number of amides is 2. The molecule has 1 saturated heterocycles. The molecule has 0 bridgehead atoms. The molecular weight excluding hydrogens is 292 g/mol. The summed E-state index contributed by atoms with van der Waals surface area (Å²) in [6, 6.07) is 7.43. The van der Waals surface area contributed by atoms with Gasteiger partial charge in [-0.05, 0) is 44.4 Å². The first kappa shape index (κ1) is 15.6. The van der Waals surface area contributed by atoms with Gasteiger partial charge in [-0.15, -0.1) is 0 Å². The second kappa shape index (κ2) is 5.72. The van der Waals surface area contributed by atoms with Gasteiger partial charge in [-0.2, -0.15) is 0 Å². The Morgan fingerprint density at radius 3 is 2.87 bits per heavy atom. The van der Waals surface area contributed by atoms with E-state index in [0.717, 1.165) is 6.42 Å². The monoisotopic (exact) mass is 314 g/mol. The number of nitrogens with one attached hydrogen (secondary N) is 1. The van der Waals surface area contributed by atoms with Crippen molar-refractivity contribution in [1.29, 1.82) is 0 Å². The van der Waals surface area contributed by atoms with E-state index >= 15 is 0 Å². The van der Waals surface area contributed by atoms with Crippen LogP contribution in [0.15, 0.2) is 36.9 Å². The van der Waals surface area contributed by atoms with Gasteiger partial charge < -0.3 is 15.0 Å². The molecule has 0 radical (unpaired) electrons. The fourth-order valence-electron chi connectivity index (χ4n) is 3.31. The molecule has 23 heavy (non-hydrogen) atoms. The topological polar surface area (TPSA) is 58.6 Å². The van der Waals surface area contributed by atoms with E-state index in [1.165, 1.54) is 6.08 Å². The largest absolute Gasteiger partial charge is 0.489 e. The lowest BCUT2D eigenvalue weighted by molar-refractivity contribution is -0.126. The van der Waals surface area contributed by atoms with Crippen LogP contribution < -0.4 is 10.1 Å². The van der Waals surface area contributed by atoms with Crippen LogP contribution in [-0.2, 0) is 9.59 Å². The van der Waals surface area contributed by atoms with Crippen LogP contribution in [0.1, 0.15) is 20.3 Å². The normalized spacial score (nSPS) is 25.0. The maximum atomic E-state index is 12.7. The molecule has 3 rings (SSSR count). The van der Waals surface area contributed by atoms with Gasteiger partial charge >= 0.3 is 0 Å². The summed E-state index contributed by atoms with van der Waals surface area (Å²) in [7, 11) is 0. The first-order chi connectivity index (χ1) is 11.0. The van der Waals surface area contributed by atoms with Crippen LogP contribution in [0, 0.1) is 11.3 Å². The highest BCUT2D eigenvalue weighted by Crippen LogP contribution is 2.58. The van der Waals surface area contributed by atoms with Crippen LogP contribution in [0.25, 0.3) is 0 Å². The minimum atomic E-state index is -0.441. The zero-order valence-corrected chi connectivity index (χ0v) is 13.5. The predicted octanol–water partition coefficient (Wildman–Crippen LogP) is 2.45. The van der Waals surface area contributed by atoms with Crippen molar-refractivity contribution < 1.29 is 14.3 Å². The second-order valence-corrected chi connectivity index (χ2v) is 6.60. The fourth-order valence-corrected chi connectivity index (χ4v) is 3.31. The summed E-state index contributed by atoms with van der Waals surface area (Å²) in [6.45, 7) is 8.52. The lowest BCUT2D eigenvalue weighted by Gasteiger charge is -2.20. The molecule has 0 spiro atoms. The zero-order chi connectivity index (χ0) is 16.6. The molecule has 1 aliphatic carbocycles. The van der Waals surface area contributed by atoms with Crippen LogP contribution in [0.2, 0.25) is 0 Å². The predicted molar refractivity (Wildman–Crippen MR) is 88.2 cm³/mol. The van der Waals surface area contributed by atoms with Gasteiger partial charge in [0.1, 0.15) is 5.75 Å². The van der Waals surface area contributed by atoms with Gasteiger partial charge in [0.25, 0.3) is 0 Å². The Kier molecular flexibility index (Phi) is 3.88. The van der Waals surface area contributed by atoms with Gasteiger partial charge in [0.2, 0.25) is 11.8 Å². The molecule has 1 N–H and O–H groups in total. The Balaban J connectivity index is 1.72. The number of likely N-dealkylation sites (tertiary alicyclic amines) is 1. The van der Waals surface area contributed by atoms with Crippen LogP contribution in [0.3, 0.4) is 0 Å². The van der Waals surface area contributed by atoms with Crippen LogP contribution in [-0.4, -0.2) is 35.9 Å². The number of para-hydroxylation sites is 2. The first-order valence-corrected chi connectivity index (χ1v) is 7.95. The van der Waals surface area contributed by atoms with E-state index < -0.39 is 5.41 Å². The van der Waals surface area contributed by atoms with Gasteiger partial charge in [0.15, 0.2) is 0 Å². The lowest BCUT2D eigenvalue weighted by Crippen LogP contribution is -2.35. The smallest absolute Gasteiger partial charge is 0.245 e. The Labute approximate surface area is 136 Å². The summed E-state index contributed by atoms with van der Waals surface area (Å²) in [5.41, 5.74) is 0.239. The molecule has 2 atom stereocenters. The standard InChI is InChI=1S/C18H22N2O3/c1-4-16(21)20-10-13-9-18(13,11-20)17(22)19-14-7-5-6-8-15(14)23-12(2)3/h4-8,12-13H,1,9-11H2,2-3H3,(H,19,22). The van der Waals surface area contributed by atoms with Crippen LogP contribution >= 0.6 is 0 Å². The molecule has 5 heteroatoms. The van der Waals surface area contributed by atoms with Crippen molar-refractivity contribution in [2.75, 3.05) is 18.4 Å². The molecule has 1 saturated carbocycles. The number of piperidine rings is 1. The third-order valence-electron chi connectivity index (χ3n) is 4.58. The van der Waals surface area contributed by atoms with E-state index in [9.17, 15) is 9.59 Å². The maximum Gasteiger partial charge on any atom is 0.245 e. The number of carbonyl (C=O) groups is 2. The molecule has 0 aromatic heterocycles. The average Bonchev–Trinajstić information content (AvgIpc) is 3.10. The Morgan fingerprint density at radius 2 is 2.17 bits per heavy atom. The van der Waals surface area contributed by atoms with Gasteiger partial charge in [0, 0.05) is 13.1 Å². The number of hydrogen-bond acceptors (Lipinski definition) is 3. The van der Waals surface area contributed by atoms with Crippen LogP contribution in [0.4, 0.5) is 5.69 Å². The first-order valence-electron chi connectivity index (χ1n) is 7.95. The molecule has 2 amide bonds. The zero-order valence-electron chi connectivity index (χ0n) is 13.5. The molecule has 2 unspecified atom stereocenters. The van der Waals surface area contributed by atoms with Gasteiger partial charge in [-0.25, -0.2) is 0 Å². The quantitative estimate of drug-likeness (QED) is 0.849. The Hall–Kier alpha value is -2.30. The average molecular weight is 314 g/mol. The molecule has 1 heterocycles. The molecule has 2 aliphatic rings. The highest BCUT2D eigenvalue weighted by atomic mass is 16.5.